The Labute approximate surface area is 82.3 Å². The van der Waals surface area contributed by atoms with E-state index in [1.54, 1.807) is 0 Å². The van der Waals surface area contributed by atoms with Gasteiger partial charge < -0.3 is 0 Å². The fourth-order valence-corrected chi connectivity index (χ4v) is 2.26. The molecule has 0 heterocycles. The number of benzene rings is 2. The summed E-state index contributed by atoms with van der Waals surface area (Å²) in [5.74, 6) is 0. The third kappa shape index (κ3) is 2.29. The minimum atomic E-state index is -1.29. The summed E-state index contributed by atoms with van der Waals surface area (Å²) in [6.45, 7) is 0. The lowest BCUT2D eigenvalue weighted by molar-refractivity contribution is 1.75. The Hall–Kier alpha value is -1.34. The maximum absolute atomic E-state index is 8.16. The first kappa shape index (κ1) is 7.10. The van der Waals surface area contributed by atoms with E-state index in [-0.39, 0.29) is 0 Å². The van der Waals surface area contributed by atoms with Crippen LogP contribution in [-0.2, 0) is 0 Å². The van der Waals surface area contributed by atoms with Crippen molar-refractivity contribution in [3.63, 3.8) is 0 Å². The lowest BCUT2D eigenvalue weighted by Gasteiger charge is -1.98. The van der Waals surface area contributed by atoms with Crippen LogP contribution in [0.3, 0.4) is 0 Å². The Bertz CT molecular complexity index is 346. The average molecular weight is 184 g/mol. The van der Waals surface area contributed by atoms with Crippen LogP contribution in [0.25, 0.3) is 0 Å². The topological polar surface area (TPSA) is 0 Å². The van der Waals surface area contributed by atoms with Crippen LogP contribution in [0.4, 0.5) is 0 Å². The highest BCUT2D eigenvalue weighted by atomic mass is 28.2. The van der Waals surface area contributed by atoms with Crippen molar-refractivity contribution in [2.45, 2.75) is 0 Å². The number of hydrogen-bond donors (Lipinski definition) is 0. The predicted octanol–water partition coefficient (Wildman–Crippen LogP) is 1.07. The summed E-state index contributed by atoms with van der Waals surface area (Å²) in [6.07, 6.45) is 0. The molecule has 0 aliphatic heterocycles. The standard InChI is InChI=1S/C12H11Si/c1-3-7-11(8-4-1)13-12-9-5-2-6-10-12/h1-10,13H/i13D. The van der Waals surface area contributed by atoms with Crippen LogP contribution in [0.1, 0.15) is 0 Å². The predicted molar refractivity (Wildman–Crippen MR) is 59.3 cm³/mol. The first-order valence-corrected chi connectivity index (χ1v) is 5.32. The monoisotopic (exact) mass is 184 g/mol. The summed E-state index contributed by atoms with van der Waals surface area (Å²) >= 11 is 0. The molecule has 2 rings (SSSR count). The van der Waals surface area contributed by atoms with Gasteiger partial charge in [-0.2, -0.15) is 0 Å². The molecule has 13 heavy (non-hydrogen) atoms. The van der Waals surface area contributed by atoms with Crippen molar-refractivity contribution in [2.24, 2.45) is 0 Å². The van der Waals surface area contributed by atoms with E-state index in [2.05, 4.69) is 0 Å². The van der Waals surface area contributed by atoms with Crippen LogP contribution in [0, 0.1) is 0 Å². The van der Waals surface area contributed by atoms with Gasteiger partial charge in [0.15, 0.2) is 0 Å². The zero-order chi connectivity index (χ0) is 9.80. The van der Waals surface area contributed by atoms with Gasteiger partial charge >= 0.3 is 0 Å². The zero-order valence-corrected chi connectivity index (χ0v) is 8.27. The fourth-order valence-electron chi connectivity index (χ4n) is 1.21. The Morgan fingerprint density at radius 3 is 1.46 bits per heavy atom. The van der Waals surface area contributed by atoms with Crippen molar-refractivity contribution in [2.75, 3.05) is 0 Å². The Balaban J connectivity index is 2.30. The molecule has 0 amide bonds. The Kier molecular flexibility index (Phi) is 2.21. The maximum Gasteiger partial charge on any atom is 0.103 e. The summed E-state index contributed by atoms with van der Waals surface area (Å²) in [7, 11) is -1.29. The maximum atomic E-state index is 8.16. The van der Waals surface area contributed by atoms with Gasteiger partial charge in [0.1, 0.15) is 9.45 Å². The third-order valence-electron chi connectivity index (χ3n) is 1.84. The molecule has 0 bridgehead atoms. The second-order valence-electron chi connectivity index (χ2n) is 2.86. The molecule has 0 unspecified atom stereocenters. The molecule has 2 aromatic carbocycles. The minimum Gasteiger partial charge on any atom is -0.0632 e. The largest absolute Gasteiger partial charge is 0.103 e. The van der Waals surface area contributed by atoms with E-state index in [4.69, 9.17) is 1.23 Å². The molecule has 0 spiro atoms. The van der Waals surface area contributed by atoms with Crippen molar-refractivity contribution in [1.29, 1.82) is 1.23 Å². The van der Waals surface area contributed by atoms with E-state index in [0.29, 0.717) is 0 Å². The molecule has 0 nitrogen and oxygen atoms in total. The quantitative estimate of drug-likeness (QED) is 0.613. The van der Waals surface area contributed by atoms with Gasteiger partial charge in [0.25, 0.3) is 0 Å². The molecule has 0 fully saturated rings. The fraction of sp³-hybridized carbons (Fsp3) is 0. The highest BCUT2D eigenvalue weighted by Gasteiger charge is 1.94. The van der Waals surface area contributed by atoms with Gasteiger partial charge in [-0.05, 0) is 0 Å². The van der Waals surface area contributed by atoms with Crippen LogP contribution in [0.5, 0.6) is 0 Å². The average Bonchev–Trinajstić information content (AvgIpc) is 2.30. The van der Waals surface area contributed by atoms with Crippen molar-refractivity contribution >= 4 is 19.8 Å². The van der Waals surface area contributed by atoms with E-state index in [0.717, 1.165) is 10.4 Å². The molecule has 0 N–H and O–H groups in total. The summed E-state index contributed by atoms with van der Waals surface area (Å²) in [5, 5.41) is 2.28. The Morgan fingerprint density at radius 2 is 1.08 bits per heavy atom. The molecule has 0 saturated carbocycles. The molecule has 2 aromatic rings. The normalized spacial score (nSPS) is 11.3. The molecule has 0 atom stereocenters. The van der Waals surface area contributed by atoms with E-state index in [9.17, 15) is 0 Å². The van der Waals surface area contributed by atoms with Gasteiger partial charge in [-0.1, -0.05) is 71.0 Å². The smallest absolute Gasteiger partial charge is 0.0632 e. The number of rotatable bonds is 2. The van der Waals surface area contributed by atoms with Crippen LogP contribution >= 0.6 is 0 Å². The van der Waals surface area contributed by atoms with E-state index in [1.165, 1.54) is 0 Å². The van der Waals surface area contributed by atoms with Crippen LogP contribution in [0.2, 0.25) is 0 Å². The molecule has 0 aliphatic rings. The van der Waals surface area contributed by atoms with E-state index >= 15 is 0 Å². The van der Waals surface area contributed by atoms with E-state index < -0.39 is 9.45 Å². The van der Waals surface area contributed by atoms with Crippen LogP contribution in [0.15, 0.2) is 60.7 Å². The minimum absolute atomic E-state index is 1.14. The molecule has 0 aliphatic carbocycles. The highest BCUT2D eigenvalue weighted by molar-refractivity contribution is 6.67. The molecule has 0 aromatic heterocycles. The molecule has 63 valence electrons. The number of hydrogen-bond acceptors (Lipinski definition) is 0. The summed E-state index contributed by atoms with van der Waals surface area (Å²) in [6, 6.07) is 20.1. The first-order valence-electron chi connectivity index (χ1n) is 4.82. The molecule has 0 saturated heterocycles. The lowest BCUT2D eigenvalue weighted by Crippen LogP contribution is -2.26. The van der Waals surface area contributed by atoms with Gasteiger partial charge in [-0.25, -0.2) is 0 Å². The summed E-state index contributed by atoms with van der Waals surface area (Å²) in [4.78, 5) is 0. The van der Waals surface area contributed by atoms with Gasteiger partial charge in [0.05, 0.1) is 0 Å². The molecule has 1 radical (unpaired) electrons. The van der Waals surface area contributed by atoms with Crippen molar-refractivity contribution in [1.82, 2.24) is 0 Å². The first-order chi connectivity index (χ1) is 6.88. The van der Waals surface area contributed by atoms with E-state index in [1.807, 2.05) is 60.7 Å². The zero-order valence-electron chi connectivity index (χ0n) is 8.27. The summed E-state index contributed by atoms with van der Waals surface area (Å²) < 4.78 is 8.16. The van der Waals surface area contributed by atoms with Crippen LogP contribution in [-0.4, -0.2) is 10.7 Å². The Morgan fingerprint density at radius 1 is 0.692 bits per heavy atom. The SMILES string of the molecule is [2H][Si](c1ccccc1)c1ccccc1. The summed E-state index contributed by atoms with van der Waals surface area (Å²) in [5.41, 5.74) is 0. The van der Waals surface area contributed by atoms with Crippen molar-refractivity contribution in [3.8, 4) is 0 Å². The second-order valence-corrected chi connectivity index (χ2v) is 4.26. The van der Waals surface area contributed by atoms with Crippen LogP contribution < -0.4 is 10.4 Å². The second kappa shape index (κ2) is 4.05. The lowest BCUT2D eigenvalue weighted by atomic mass is 10.4. The van der Waals surface area contributed by atoms with Crippen molar-refractivity contribution < 1.29 is 0 Å². The van der Waals surface area contributed by atoms with Gasteiger partial charge in [-0.3, -0.25) is 0 Å². The third-order valence-corrected chi connectivity index (χ3v) is 3.08. The van der Waals surface area contributed by atoms with Gasteiger partial charge in [-0.15, -0.1) is 0 Å². The molecule has 1 heteroatoms. The molecular weight excluding hydrogens is 172 g/mol. The van der Waals surface area contributed by atoms with Gasteiger partial charge in [0, 0.05) is 1.23 Å². The van der Waals surface area contributed by atoms with Crippen molar-refractivity contribution in [3.05, 3.63) is 60.7 Å². The molecular formula is C12H11Si. The van der Waals surface area contributed by atoms with Gasteiger partial charge in [0.2, 0.25) is 0 Å². The highest BCUT2D eigenvalue weighted by Crippen LogP contribution is 1.84.